The van der Waals surface area contributed by atoms with Crippen LogP contribution in [0.1, 0.15) is 12.5 Å². The average Bonchev–Trinajstić information content (AvgIpc) is 2.65. The van der Waals surface area contributed by atoms with Gasteiger partial charge in [-0.3, -0.25) is 9.59 Å². The molecular formula is C19H24N2O5. The highest BCUT2D eigenvalue weighted by molar-refractivity contribution is 5.75. The minimum Gasteiger partial charge on any atom is -0.493 e. The molecule has 7 heteroatoms. The largest absolute Gasteiger partial charge is 0.493 e. The van der Waals surface area contributed by atoms with E-state index in [4.69, 9.17) is 14.2 Å². The zero-order valence-electron chi connectivity index (χ0n) is 15.3. The fourth-order valence-corrected chi connectivity index (χ4v) is 2.50. The molecule has 0 spiro atoms. The highest BCUT2D eigenvalue weighted by atomic mass is 16.5. The fraction of sp³-hybridized carbons (Fsp3) is 0.368. The Hall–Kier alpha value is -2.96. The van der Waals surface area contributed by atoms with Gasteiger partial charge in [0.2, 0.25) is 5.91 Å². The van der Waals surface area contributed by atoms with E-state index in [2.05, 4.69) is 5.32 Å². The number of pyridine rings is 1. The Balaban J connectivity index is 1.90. The number of nitrogens with one attached hydrogen (secondary N) is 1. The lowest BCUT2D eigenvalue weighted by Gasteiger charge is -2.11. The third-order valence-electron chi connectivity index (χ3n) is 3.78. The highest BCUT2D eigenvalue weighted by Crippen LogP contribution is 2.27. The predicted octanol–water partition coefficient (Wildman–Crippen LogP) is 1.62. The number of rotatable bonds is 9. The second-order valence-corrected chi connectivity index (χ2v) is 5.53. The summed E-state index contributed by atoms with van der Waals surface area (Å²) in [6.07, 6.45) is 2.21. The first kappa shape index (κ1) is 19.4. The molecule has 0 aliphatic rings. The molecule has 1 aromatic heterocycles. The topological polar surface area (TPSA) is 78.8 Å². The standard InChI is InChI=1S/C19H24N2O5/c1-4-26-16-6-5-11-21(19(16)23)13-18(22)20-10-9-14-7-8-15(24-2)17(12-14)25-3/h5-8,11-12H,4,9-10,13H2,1-3H3,(H,20,22). The Labute approximate surface area is 152 Å². The average molecular weight is 360 g/mol. The van der Waals surface area contributed by atoms with Crippen molar-refractivity contribution in [1.29, 1.82) is 0 Å². The predicted molar refractivity (Wildman–Crippen MR) is 98.1 cm³/mol. The number of carbonyl (C=O) groups is 1. The number of carbonyl (C=O) groups excluding carboxylic acids is 1. The molecule has 1 aromatic carbocycles. The van der Waals surface area contributed by atoms with Gasteiger partial charge in [-0.15, -0.1) is 0 Å². The molecule has 26 heavy (non-hydrogen) atoms. The number of ether oxygens (including phenoxy) is 3. The summed E-state index contributed by atoms with van der Waals surface area (Å²) in [4.78, 5) is 24.2. The van der Waals surface area contributed by atoms with E-state index in [1.165, 1.54) is 4.57 Å². The molecule has 0 saturated heterocycles. The summed E-state index contributed by atoms with van der Waals surface area (Å²) < 4.78 is 17.0. The third-order valence-corrected chi connectivity index (χ3v) is 3.78. The third kappa shape index (κ3) is 5.02. The van der Waals surface area contributed by atoms with Gasteiger partial charge in [-0.1, -0.05) is 6.07 Å². The van der Waals surface area contributed by atoms with Gasteiger partial charge in [0.05, 0.1) is 20.8 Å². The van der Waals surface area contributed by atoms with Crippen LogP contribution < -0.4 is 25.1 Å². The van der Waals surface area contributed by atoms with Crippen molar-refractivity contribution < 1.29 is 19.0 Å². The molecule has 1 heterocycles. The number of hydrogen-bond donors (Lipinski definition) is 1. The number of benzene rings is 1. The molecule has 0 fully saturated rings. The van der Waals surface area contributed by atoms with Crippen molar-refractivity contribution >= 4 is 5.91 Å². The zero-order chi connectivity index (χ0) is 18.9. The minimum atomic E-state index is -0.315. The van der Waals surface area contributed by atoms with Crippen molar-refractivity contribution in [2.24, 2.45) is 0 Å². The van der Waals surface area contributed by atoms with Crippen LogP contribution in [0.3, 0.4) is 0 Å². The Morgan fingerprint density at radius 3 is 2.58 bits per heavy atom. The van der Waals surface area contributed by atoms with Gasteiger partial charge in [-0.05, 0) is 43.2 Å². The summed E-state index contributed by atoms with van der Waals surface area (Å²) in [5.74, 6) is 1.32. The summed E-state index contributed by atoms with van der Waals surface area (Å²) in [7, 11) is 3.16. The Bertz CT molecular complexity index is 801. The van der Waals surface area contributed by atoms with E-state index in [1.807, 2.05) is 18.2 Å². The van der Waals surface area contributed by atoms with Gasteiger partial charge in [0.25, 0.3) is 5.56 Å². The normalized spacial score (nSPS) is 10.3. The van der Waals surface area contributed by atoms with E-state index in [-0.39, 0.29) is 23.8 Å². The van der Waals surface area contributed by atoms with Gasteiger partial charge in [0, 0.05) is 12.7 Å². The van der Waals surface area contributed by atoms with Crippen molar-refractivity contribution in [2.45, 2.75) is 19.9 Å². The summed E-state index contributed by atoms with van der Waals surface area (Å²) >= 11 is 0. The molecule has 0 aliphatic heterocycles. The van der Waals surface area contributed by atoms with Crippen LogP contribution in [0.15, 0.2) is 41.3 Å². The Morgan fingerprint density at radius 2 is 1.88 bits per heavy atom. The van der Waals surface area contributed by atoms with Crippen molar-refractivity contribution in [2.75, 3.05) is 27.4 Å². The molecule has 1 amide bonds. The first-order valence-corrected chi connectivity index (χ1v) is 8.38. The quantitative estimate of drug-likeness (QED) is 0.735. The molecule has 140 valence electrons. The van der Waals surface area contributed by atoms with E-state index in [0.29, 0.717) is 31.1 Å². The van der Waals surface area contributed by atoms with E-state index in [1.54, 1.807) is 39.5 Å². The molecular weight excluding hydrogens is 336 g/mol. The molecule has 2 rings (SSSR count). The zero-order valence-corrected chi connectivity index (χ0v) is 15.3. The van der Waals surface area contributed by atoms with E-state index < -0.39 is 0 Å². The molecule has 2 aromatic rings. The summed E-state index contributed by atoms with van der Waals surface area (Å²) in [5, 5.41) is 2.81. The maximum absolute atomic E-state index is 12.2. The first-order valence-electron chi connectivity index (χ1n) is 8.38. The number of hydrogen-bond acceptors (Lipinski definition) is 5. The van der Waals surface area contributed by atoms with Crippen LogP contribution in [0.4, 0.5) is 0 Å². The van der Waals surface area contributed by atoms with Crippen LogP contribution in [-0.4, -0.2) is 37.8 Å². The summed E-state index contributed by atoms with van der Waals surface area (Å²) in [6, 6.07) is 8.90. The van der Waals surface area contributed by atoms with Crippen LogP contribution in [0, 0.1) is 0 Å². The summed E-state index contributed by atoms with van der Waals surface area (Å²) in [6.45, 7) is 2.61. The van der Waals surface area contributed by atoms with Gasteiger partial charge in [-0.25, -0.2) is 0 Å². The van der Waals surface area contributed by atoms with Crippen LogP contribution in [0.5, 0.6) is 17.2 Å². The smallest absolute Gasteiger partial charge is 0.293 e. The van der Waals surface area contributed by atoms with E-state index in [0.717, 1.165) is 5.56 Å². The highest BCUT2D eigenvalue weighted by Gasteiger charge is 2.09. The second-order valence-electron chi connectivity index (χ2n) is 5.53. The van der Waals surface area contributed by atoms with Gasteiger partial charge < -0.3 is 24.1 Å². The molecule has 0 bridgehead atoms. The molecule has 0 atom stereocenters. The monoisotopic (exact) mass is 360 g/mol. The molecule has 0 saturated carbocycles. The van der Waals surface area contributed by atoms with Crippen LogP contribution >= 0.6 is 0 Å². The van der Waals surface area contributed by atoms with Crippen LogP contribution in [-0.2, 0) is 17.8 Å². The number of aromatic nitrogens is 1. The molecule has 0 unspecified atom stereocenters. The van der Waals surface area contributed by atoms with Crippen molar-refractivity contribution in [3.63, 3.8) is 0 Å². The number of nitrogens with zero attached hydrogens (tertiary/aromatic N) is 1. The molecule has 7 nitrogen and oxygen atoms in total. The maximum Gasteiger partial charge on any atom is 0.293 e. The van der Waals surface area contributed by atoms with Crippen molar-refractivity contribution in [1.82, 2.24) is 9.88 Å². The van der Waals surface area contributed by atoms with Gasteiger partial charge >= 0.3 is 0 Å². The maximum atomic E-state index is 12.2. The van der Waals surface area contributed by atoms with E-state index in [9.17, 15) is 9.59 Å². The fourth-order valence-electron chi connectivity index (χ4n) is 2.50. The van der Waals surface area contributed by atoms with E-state index >= 15 is 0 Å². The Morgan fingerprint density at radius 1 is 1.12 bits per heavy atom. The van der Waals surface area contributed by atoms with Crippen LogP contribution in [0.2, 0.25) is 0 Å². The van der Waals surface area contributed by atoms with Crippen molar-refractivity contribution in [3.8, 4) is 17.2 Å². The Kier molecular flexibility index (Phi) is 7.08. The lowest BCUT2D eigenvalue weighted by Crippen LogP contribution is -2.33. The molecule has 1 N–H and O–H groups in total. The van der Waals surface area contributed by atoms with Gasteiger partial charge in [0.1, 0.15) is 6.54 Å². The summed E-state index contributed by atoms with van der Waals surface area (Å²) in [5.41, 5.74) is 0.697. The SMILES string of the molecule is CCOc1cccn(CC(=O)NCCc2ccc(OC)c(OC)c2)c1=O. The van der Waals surface area contributed by atoms with Crippen LogP contribution in [0.25, 0.3) is 0 Å². The van der Waals surface area contributed by atoms with Gasteiger partial charge in [0.15, 0.2) is 17.2 Å². The number of amides is 1. The van der Waals surface area contributed by atoms with Crippen molar-refractivity contribution in [3.05, 3.63) is 52.4 Å². The molecule has 0 radical (unpaired) electrons. The number of methoxy groups -OCH3 is 2. The minimum absolute atomic E-state index is 0.0499. The lowest BCUT2D eigenvalue weighted by molar-refractivity contribution is -0.121. The first-order chi connectivity index (χ1) is 12.6. The molecule has 0 aliphatic carbocycles. The lowest BCUT2D eigenvalue weighted by atomic mass is 10.1. The second kappa shape index (κ2) is 9.50. The van der Waals surface area contributed by atoms with Gasteiger partial charge in [-0.2, -0.15) is 0 Å².